The molecule has 10 atom stereocenters. The molecular weight excluding hydrogens is 625 g/mol. The quantitative estimate of drug-likeness (QED) is 0.187. The van der Waals surface area contributed by atoms with Gasteiger partial charge in [0, 0.05) is 25.2 Å². The van der Waals surface area contributed by atoms with Gasteiger partial charge in [-0.25, -0.2) is 0 Å². The van der Waals surface area contributed by atoms with Crippen LogP contribution in [0, 0.1) is 23.7 Å². The summed E-state index contributed by atoms with van der Waals surface area (Å²) in [4.78, 5) is 27.8. The van der Waals surface area contributed by atoms with Crippen LogP contribution < -0.4 is 0 Å². The SMILES string of the molecule is CC1=C[C@H]2C(=O)O[C@H]3C[C@@H](C/C=C(\C)C(=O)[C@@H](C)/C=C/C=C4\CO[C@H]([C@@H]1O[Si](C)(C)C(C)(C)C)[C@@]42O)O[C@@]1(CC[C@H](C)[C@@H](C(C)C)O1)C3. The Hall–Kier alpha value is -1.88. The van der Waals surface area contributed by atoms with E-state index in [2.05, 4.69) is 54.6 Å². The van der Waals surface area contributed by atoms with Crippen molar-refractivity contribution < 1.29 is 38.1 Å². The number of hydrogen-bond acceptors (Lipinski definition) is 8. The summed E-state index contributed by atoms with van der Waals surface area (Å²) in [5, 5.41) is 12.7. The Morgan fingerprint density at radius 2 is 1.79 bits per heavy atom. The first-order valence-corrected chi connectivity index (χ1v) is 21.0. The zero-order valence-corrected chi connectivity index (χ0v) is 32.1. The van der Waals surface area contributed by atoms with Gasteiger partial charge in [0.05, 0.1) is 24.9 Å². The van der Waals surface area contributed by atoms with E-state index >= 15 is 0 Å². The minimum absolute atomic E-state index is 0.0183. The number of allylic oxidation sites excluding steroid dienone is 4. The fourth-order valence-corrected chi connectivity index (χ4v) is 9.25. The normalized spacial score (nSPS) is 42.7. The molecule has 268 valence electrons. The van der Waals surface area contributed by atoms with E-state index in [1.165, 1.54) is 0 Å². The van der Waals surface area contributed by atoms with E-state index < -0.39 is 49.9 Å². The van der Waals surface area contributed by atoms with Gasteiger partial charge < -0.3 is 28.5 Å². The number of carbonyl (C=O) groups excluding carboxylic acids is 2. The van der Waals surface area contributed by atoms with Crippen molar-refractivity contribution in [3.63, 3.8) is 0 Å². The maximum absolute atomic E-state index is 14.4. The molecule has 3 fully saturated rings. The first-order chi connectivity index (χ1) is 22.3. The number of Topliss-reactive ketones (excluding diaryl/α,β-unsaturated/α-hetero) is 1. The van der Waals surface area contributed by atoms with Crippen LogP contribution in [0.3, 0.4) is 0 Å². The average molecular weight is 685 g/mol. The fourth-order valence-electron chi connectivity index (χ4n) is 7.96. The molecule has 1 spiro atoms. The molecule has 0 aromatic rings. The second kappa shape index (κ2) is 13.7. The minimum Gasteiger partial charge on any atom is -0.462 e. The zero-order valence-electron chi connectivity index (χ0n) is 31.1. The van der Waals surface area contributed by atoms with E-state index in [1.54, 1.807) is 12.2 Å². The van der Waals surface area contributed by atoms with Crippen LogP contribution in [0.5, 0.6) is 0 Å². The van der Waals surface area contributed by atoms with E-state index in [-0.39, 0.29) is 35.6 Å². The third-order valence-corrected chi connectivity index (χ3v) is 16.4. The monoisotopic (exact) mass is 684 g/mol. The molecule has 0 radical (unpaired) electrons. The number of ether oxygens (including phenoxy) is 4. The van der Waals surface area contributed by atoms with Crippen LogP contribution in [-0.4, -0.2) is 73.7 Å². The molecular formula is C39H60O8Si. The third-order valence-electron chi connectivity index (χ3n) is 11.9. The van der Waals surface area contributed by atoms with Crippen molar-refractivity contribution in [2.24, 2.45) is 23.7 Å². The summed E-state index contributed by atoms with van der Waals surface area (Å²) in [6.45, 7) is 23.3. The van der Waals surface area contributed by atoms with Gasteiger partial charge in [0.25, 0.3) is 0 Å². The first-order valence-electron chi connectivity index (χ1n) is 18.1. The molecule has 0 aromatic carbocycles. The van der Waals surface area contributed by atoms with Crippen LogP contribution >= 0.6 is 0 Å². The van der Waals surface area contributed by atoms with E-state index in [4.69, 9.17) is 23.4 Å². The molecule has 1 N–H and O–H groups in total. The number of hydrogen-bond donors (Lipinski definition) is 1. The summed E-state index contributed by atoms with van der Waals surface area (Å²) in [7, 11) is -2.29. The molecule has 1 aliphatic carbocycles. The Bertz CT molecular complexity index is 1370. The van der Waals surface area contributed by atoms with Crippen molar-refractivity contribution in [3.8, 4) is 0 Å². The predicted octanol–water partition coefficient (Wildman–Crippen LogP) is 7.38. The number of rotatable bonds is 3. The summed E-state index contributed by atoms with van der Waals surface area (Å²) >= 11 is 0. The van der Waals surface area contributed by atoms with Gasteiger partial charge in [0.15, 0.2) is 19.9 Å². The largest absolute Gasteiger partial charge is 0.462 e. The molecule has 4 heterocycles. The number of aliphatic hydroxyl groups is 1. The van der Waals surface area contributed by atoms with Gasteiger partial charge in [-0.05, 0) is 73.4 Å². The molecule has 9 heteroatoms. The summed E-state index contributed by atoms with van der Waals surface area (Å²) in [6.07, 6.45) is 10.2. The number of carbonyl (C=O) groups is 2. The van der Waals surface area contributed by atoms with Gasteiger partial charge in [-0.1, -0.05) is 78.8 Å². The molecule has 48 heavy (non-hydrogen) atoms. The Kier molecular flexibility index (Phi) is 10.7. The number of ketones is 1. The Labute approximate surface area is 289 Å². The molecule has 4 aliphatic heterocycles. The Balaban J connectivity index is 1.56. The summed E-state index contributed by atoms with van der Waals surface area (Å²) in [6, 6.07) is 0. The summed E-state index contributed by atoms with van der Waals surface area (Å²) in [5.74, 6) is -2.02. The summed E-state index contributed by atoms with van der Waals surface area (Å²) < 4.78 is 33.2. The maximum Gasteiger partial charge on any atom is 0.316 e. The molecule has 5 rings (SSSR count). The topological polar surface area (TPSA) is 101 Å². The first kappa shape index (κ1) is 37.4. The molecule has 2 bridgehead atoms. The van der Waals surface area contributed by atoms with E-state index in [0.717, 1.165) is 12.0 Å². The van der Waals surface area contributed by atoms with Crippen LogP contribution in [0.1, 0.15) is 94.4 Å². The number of fused-ring (bicyclic) bond motifs is 2. The highest BCUT2D eigenvalue weighted by Gasteiger charge is 2.61. The van der Waals surface area contributed by atoms with Crippen molar-refractivity contribution in [2.45, 2.75) is 154 Å². The second-order valence-electron chi connectivity index (χ2n) is 17.1. The van der Waals surface area contributed by atoms with Crippen molar-refractivity contribution in [2.75, 3.05) is 6.61 Å². The lowest BCUT2D eigenvalue weighted by molar-refractivity contribution is -0.340. The van der Waals surface area contributed by atoms with Gasteiger partial charge >= 0.3 is 5.97 Å². The lowest BCUT2D eigenvalue weighted by Gasteiger charge is -2.51. The van der Waals surface area contributed by atoms with Crippen LogP contribution in [0.25, 0.3) is 0 Å². The molecule has 0 unspecified atom stereocenters. The van der Waals surface area contributed by atoms with Crippen LogP contribution in [0.2, 0.25) is 18.1 Å². The fraction of sp³-hybridized carbons (Fsp3) is 0.744. The highest BCUT2D eigenvalue weighted by Crippen LogP contribution is 2.50. The smallest absolute Gasteiger partial charge is 0.316 e. The average Bonchev–Trinajstić information content (AvgIpc) is 3.33. The standard InChI is InChI=1S/C39H60O8Si/c1-23(2)33-26(5)17-18-38(46-33)21-30-20-29(45-38)16-15-25(4)32(40)24(3)13-12-14-28-22-43-35-34(47-48(10,11)37(7,8)9)27(6)19-31(36(41)44-30)39(28,35)42/h12-15,19,23-24,26,29-31,33-35,42H,16-18,20-22H2,1-11H3/b13-12+,25-15+,28-14+/t24-,26-,29+,30-,31-,33+,34+,35+,38+,39+/m0/s1. The van der Waals surface area contributed by atoms with Gasteiger partial charge in [-0.15, -0.1) is 0 Å². The van der Waals surface area contributed by atoms with Crippen LogP contribution in [0.15, 0.2) is 47.1 Å². The zero-order chi connectivity index (χ0) is 35.4. The Morgan fingerprint density at radius 1 is 1.08 bits per heavy atom. The number of esters is 1. The van der Waals surface area contributed by atoms with Gasteiger partial charge in [-0.2, -0.15) is 0 Å². The van der Waals surface area contributed by atoms with Gasteiger partial charge in [0.1, 0.15) is 23.7 Å². The van der Waals surface area contributed by atoms with Crippen molar-refractivity contribution >= 4 is 20.1 Å². The van der Waals surface area contributed by atoms with E-state index in [1.807, 2.05) is 39.0 Å². The lowest BCUT2D eigenvalue weighted by Crippen LogP contribution is -2.60. The molecule has 8 nitrogen and oxygen atoms in total. The molecule has 0 saturated carbocycles. The molecule has 0 aromatic heterocycles. The highest BCUT2D eigenvalue weighted by atomic mass is 28.4. The highest BCUT2D eigenvalue weighted by molar-refractivity contribution is 6.74. The van der Waals surface area contributed by atoms with Crippen LogP contribution in [-0.2, 0) is 33.0 Å². The summed E-state index contributed by atoms with van der Waals surface area (Å²) in [5.41, 5.74) is 0.412. The predicted molar refractivity (Wildman–Crippen MR) is 189 cm³/mol. The maximum atomic E-state index is 14.4. The van der Waals surface area contributed by atoms with Crippen LogP contribution in [0.4, 0.5) is 0 Å². The molecule has 3 saturated heterocycles. The molecule has 0 amide bonds. The Morgan fingerprint density at radius 3 is 2.46 bits per heavy atom. The third kappa shape index (κ3) is 7.15. The minimum atomic E-state index is -2.29. The lowest BCUT2D eigenvalue weighted by atomic mass is 9.71. The van der Waals surface area contributed by atoms with Crippen molar-refractivity contribution in [3.05, 3.63) is 47.1 Å². The molecule has 5 aliphatic rings. The van der Waals surface area contributed by atoms with Gasteiger partial charge in [0.2, 0.25) is 0 Å². The van der Waals surface area contributed by atoms with Crippen molar-refractivity contribution in [1.29, 1.82) is 0 Å². The van der Waals surface area contributed by atoms with E-state index in [0.29, 0.717) is 48.7 Å². The van der Waals surface area contributed by atoms with Crippen molar-refractivity contribution in [1.82, 2.24) is 0 Å². The van der Waals surface area contributed by atoms with E-state index in [9.17, 15) is 14.7 Å². The second-order valence-corrected chi connectivity index (χ2v) is 21.8. The van der Waals surface area contributed by atoms with Gasteiger partial charge in [-0.3, -0.25) is 9.59 Å².